The number of carbonyl (C=O) groups excluding carboxylic acids is 1. The summed E-state index contributed by atoms with van der Waals surface area (Å²) in [4.78, 5) is 15.5. The van der Waals surface area contributed by atoms with Gasteiger partial charge in [-0.3, -0.25) is 0 Å². The van der Waals surface area contributed by atoms with E-state index in [1.54, 1.807) is 12.3 Å². The number of hydrogen-bond donors (Lipinski definition) is 0. The van der Waals surface area contributed by atoms with E-state index in [4.69, 9.17) is 0 Å². The molecular formula is C17H19NO2. The summed E-state index contributed by atoms with van der Waals surface area (Å²) < 4.78 is 4.69. The Kier molecular flexibility index (Phi) is 3.89. The highest BCUT2D eigenvalue weighted by Gasteiger charge is 2.13. The summed E-state index contributed by atoms with van der Waals surface area (Å²) in [6.07, 6.45) is 1.62. The number of esters is 1. The average Bonchev–Trinajstić information content (AvgIpc) is 2.46. The molecule has 0 aliphatic heterocycles. The lowest BCUT2D eigenvalue weighted by molar-refractivity contribution is 0.0594. The van der Waals surface area contributed by atoms with E-state index in [0.717, 1.165) is 11.1 Å². The molecule has 0 aliphatic carbocycles. The van der Waals surface area contributed by atoms with Crippen molar-refractivity contribution < 1.29 is 9.53 Å². The van der Waals surface area contributed by atoms with Crippen molar-refractivity contribution in [2.75, 3.05) is 7.11 Å². The van der Waals surface area contributed by atoms with Crippen LogP contribution in [0.5, 0.6) is 0 Å². The molecule has 0 saturated heterocycles. The van der Waals surface area contributed by atoms with Crippen LogP contribution < -0.4 is 0 Å². The van der Waals surface area contributed by atoms with Gasteiger partial charge in [-0.2, -0.15) is 0 Å². The number of hydrogen-bond acceptors (Lipinski definition) is 3. The smallest absolute Gasteiger partial charge is 0.356 e. The molecule has 0 radical (unpaired) electrons. The Hall–Kier alpha value is -2.16. The van der Waals surface area contributed by atoms with Gasteiger partial charge in [0.25, 0.3) is 0 Å². The molecule has 2 rings (SSSR count). The number of pyridine rings is 1. The fraction of sp³-hybridized carbons (Fsp3) is 0.294. The van der Waals surface area contributed by atoms with Crippen LogP contribution >= 0.6 is 0 Å². The Morgan fingerprint density at radius 2 is 1.70 bits per heavy atom. The van der Waals surface area contributed by atoms with Crippen LogP contribution in [-0.2, 0) is 10.2 Å². The molecule has 0 spiro atoms. The van der Waals surface area contributed by atoms with Gasteiger partial charge in [0, 0.05) is 6.20 Å². The van der Waals surface area contributed by atoms with Gasteiger partial charge in [0.1, 0.15) is 5.69 Å². The van der Waals surface area contributed by atoms with Gasteiger partial charge in [-0.1, -0.05) is 45.0 Å². The summed E-state index contributed by atoms with van der Waals surface area (Å²) in [5.41, 5.74) is 3.76. The summed E-state index contributed by atoms with van der Waals surface area (Å²) in [6, 6.07) is 12.0. The summed E-state index contributed by atoms with van der Waals surface area (Å²) in [6.45, 7) is 6.55. The normalized spacial score (nSPS) is 11.2. The zero-order chi connectivity index (χ0) is 14.8. The van der Waals surface area contributed by atoms with Crippen molar-refractivity contribution in [1.82, 2.24) is 4.98 Å². The van der Waals surface area contributed by atoms with Gasteiger partial charge in [0.2, 0.25) is 0 Å². The zero-order valence-electron chi connectivity index (χ0n) is 12.3. The number of benzene rings is 1. The first-order valence-electron chi connectivity index (χ1n) is 6.57. The number of carbonyl (C=O) groups is 1. The first-order chi connectivity index (χ1) is 9.41. The fourth-order valence-corrected chi connectivity index (χ4v) is 1.99. The Morgan fingerprint density at radius 3 is 2.25 bits per heavy atom. The van der Waals surface area contributed by atoms with Crippen molar-refractivity contribution in [2.24, 2.45) is 0 Å². The molecule has 3 nitrogen and oxygen atoms in total. The second-order valence-corrected chi connectivity index (χ2v) is 5.75. The maximum atomic E-state index is 11.5. The highest BCUT2D eigenvalue weighted by Crippen LogP contribution is 2.26. The van der Waals surface area contributed by atoms with Crippen molar-refractivity contribution >= 4 is 5.97 Å². The molecule has 1 aromatic heterocycles. The number of methoxy groups -OCH3 is 1. The maximum Gasteiger partial charge on any atom is 0.356 e. The Labute approximate surface area is 119 Å². The quantitative estimate of drug-likeness (QED) is 0.778. The number of nitrogens with zero attached hydrogens (tertiary/aromatic N) is 1. The van der Waals surface area contributed by atoms with Gasteiger partial charge in [0.05, 0.1) is 7.11 Å². The van der Waals surface area contributed by atoms with Crippen LogP contribution in [0, 0.1) is 0 Å². The van der Waals surface area contributed by atoms with Crippen LogP contribution in [0.25, 0.3) is 11.1 Å². The minimum Gasteiger partial charge on any atom is -0.464 e. The predicted molar refractivity (Wildman–Crippen MR) is 79.7 cm³/mol. The topological polar surface area (TPSA) is 39.2 Å². The Morgan fingerprint density at radius 1 is 1.05 bits per heavy atom. The average molecular weight is 269 g/mol. The molecule has 0 bridgehead atoms. The summed E-state index contributed by atoms with van der Waals surface area (Å²) in [7, 11) is 1.36. The van der Waals surface area contributed by atoms with Gasteiger partial charge in [-0.05, 0) is 34.2 Å². The molecule has 1 aromatic carbocycles. The van der Waals surface area contributed by atoms with Crippen LogP contribution in [0.4, 0.5) is 0 Å². The van der Waals surface area contributed by atoms with E-state index >= 15 is 0 Å². The molecule has 20 heavy (non-hydrogen) atoms. The predicted octanol–water partition coefficient (Wildman–Crippen LogP) is 3.83. The third-order valence-electron chi connectivity index (χ3n) is 3.24. The van der Waals surface area contributed by atoms with Crippen LogP contribution in [-0.4, -0.2) is 18.1 Å². The molecule has 0 N–H and O–H groups in total. The molecule has 0 aliphatic rings. The molecule has 3 heteroatoms. The monoisotopic (exact) mass is 269 g/mol. The van der Waals surface area contributed by atoms with Crippen molar-refractivity contribution in [3.05, 3.63) is 53.9 Å². The van der Waals surface area contributed by atoms with E-state index in [0.29, 0.717) is 5.69 Å². The molecule has 0 unspecified atom stereocenters. The third kappa shape index (κ3) is 3.05. The van der Waals surface area contributed by atoms with Crippen molar-refractivity contribution in [3.8, 4) is 11.1 Å². The molecule has 0 atom stereocenters. The Bertz CT molecular complexity index is 610. The molecule has 0 amide bonds. The van der Waals surface area contributed by atoms with Crippen LogP contribution in [0.15, 0.2) is 42.6 Å². The second-order valence-electron chi connectivity index (χ2n) is 5.75. The lowest BCUT2D eigenvalue weighted by Gasteiger charge is -2.19. The number of ether oxygens (including phenoxy) is 1. The first-order valence-corrected chi connectivity index (χ1v) is 6.57. The first kappa shape index (κ1) is 14.3. The molecule has 104 valence electrons. The van der Waals surface area contributed by atoms with Gasteiger partial charge < -0.3 is 4.74 Å². The van der Waals surface area contributed by atoms with Crippen LogP contribution in [0.3, 0.4) is 0 Å². The lowest BCUT2D eigenvalue weighted by Crippen LogP contribution is -2.10. The van der Waals surface area contributed by atoms with E-state index < -0.39 is 5.97 Å². The van der Waals surface area contributed by atoms with E-state index in [9.17, 15) is 4.79 Å². The molecule has 0 fully saturated rings. The fourth-order valence-electron chi connectivity index (χ4n) is 1.99. The minimum atomic E-state index is -0.418. The zero-order valence-corrected chi connectivity index (χ0v) is 12.3. The highest BCUT2D eigenvalue weighted by molar-refractivity contribution is 5.88. The largest absolute Gasteiger partial charge is 0.464 e. The molecule has 0 saturated carbocycles. The summed E-state index contributed by atoms with van der Waals surface area (Å²) in [5, 5.41) is 0. The standard InChI is InChI=1S/C17H19NO2/c1-17(2,3)14-7-5-12(6-8-14)13-9-10-18-15(11-13)16(19)20-4/h5-11H,1-4H3. The molecular weight excluding hydrogens is 250 g/mol. The summed E-state index contributed by atoms with van der Waals surface area (Å²) in [5.74, 6) is -0.418. The Balaban J connectivity index is 2.35. The van der Waals surface area contributed by atoms with E-state index in [1.807, 2.05) is 6.07 Å². The van der Waals surface area contributed by atoms with Crippen LogP contribution in [0.2, 0.25) is 0 Å². The SMILES string of the molecule is COC(=O)c1cc(-c2ccc(C(C)(C)C)cc2)ccn1. The second kappa shape index (κ2) is 5.45. The van der Waals surface area contributed by atoms with E-state index in [2.05, 4.69) is 54.8 Å². The highest BCUT2D eigenvalue weighted by atomic mass is 16.5. The van der Waals surface area contributed by atoms with E-state index in [1.165, 1.54) is 12.7 Å². The third-order valence-corrected chi connectivity index (χ3v) is 3.24. The lowest BCUT2D eigenvalue weighted by atomic mass is 9.86. The van der Waals surface area contributed by atoms with Crippen molar-refractivity contribution in [2.45, 2.75) is 26.2 Å². The van der Waals surface area contributed by atoms with Gasteiger partial charge in [0.15, 0.2) is 0 Å². The number of rotatable bonds is 2. The van der Waals surface area contributed by atoms with Crippen LogP contribution in [0.1, 0.15) is 36.8 Å². The molecule has 1 heterocycles. The van der Waals surface area contributed by atoms with Gasteiger partial charge in [-0.15, -0.1) is 0 Å². The maximum absolute atomic E-state index is 11.5. The van der Waals surface area contributed by atoms with E-state index in [-0.39, 0.29) is 5.41 Å². The summed E-state index contributed by atoms with van der Waals surface area (Å²) >= 11 is 0. The van der Waals surface area contributed by atoms with Crippen molar-refractivity contribution in [3.63, 3.8) is 0 Å². The minimum absolute atomic E-state index is 0.133. The number of aromatic nitrogens is 1. The molecule has 2 aromatic rings. The van der Waals surface area contributed by atoms with Gasteiger partial charge >= 0.3 is 5.97 Å². The van der Waals surface area contributed by atoms with Gasteiger partial charge in [-0.25, -0.2) is 9.78 Å². The van der Waals surface area contributed by atoms with Crippen molar-refractivity contribution in [1.29, 1.82) is 0 Å².